The maximum absolute atomic E-state index is 8.73. The average Bonchev–Trinajstić information content (AvgIpc) is 2.58. The van der Waals surface area contributed by atoms with Crippen LogP contribution in [0.15, 0.2) is 0 Å². The third-order valence-electron chi connectivity index (χ3n) is 4.33. The molecule has 0 aliphatic heterocycles. The van der Waals surface area contributed by atoms with Gasteiger partial charge < -0.3 is 42.1 Å². The lowest BCUT2D eigenvalue weighted by Gasteiger charge is -2.29. The van der Waals surface area contributed by atoms with Gasteiger partial charge in [-0.2, -0.15) is 0 Å². The first kappa shape index (κ1) is 26.9. The fraction of sp³-hybridized carbons (Fsp3) is 1.00. The number of nitrogens with two attached hydrogens (primary N) is 2. The van der Waals surface area contributed by atoms with E-state index in [1.807, 2.05) is 0 Å². The van der Waals surface area contributed by atoms with Crippen LogP contribution in [0.2, 0.25) is 0 Å². The minimum atomic E-state index is -0.599. The van der Waals surface area contributed by atoms with E-state index in [0.717, 1.165) is 19.3 Å². The van der Waals surface area contributed by atoms with Gasteiger partial charge in [0, 0.05) is 50.7 Å². The zero-order valence-corrected chi connectivity index (χ0v) is 15.4. The van der Waals surface area contributed by atoms with Crippen molar-refractivity contribution in [1.29, 1.82) is 0 Å². The Hall–Kier alpha value is -0.320. The van der Waals surface area contributed by atoms with Crippen LogP contribution in [-0.2, 0) is 0 Å². The lowest BCUT2D eigenvalue weighted by Crippen LogP contribution is -2.42. The number of hydrogen-bond acceptors (Lipinski definition) is 8. The SMILES string of the molecule is NC(CCCO)(CCCO)CCCO.NC(CCO)(CCO)CCO. The molecule has 25 heavy (non-hydrogen) atoms. The van der Waals surface area contributed by atoms with Crippen molar-refractivity contribution < 1.29 is 30.6 Å². The molecular weight excluding hydrogens is 328 g/mol. The van der Waals surface area contributed by atoms with Gasteiger partial charge in [-0.1, -0.05) is 0 Å². The molecule has 0 rings (SSSR count). The van der Waals surface area contributed by atoms with E-state index < -0.39 is 5.54 Å². The highest BCUT2D eigenvalue weighted by molar-refractivity contribution is 4.84. The van der Waals surface area contributed by atoms with Gasteiger partial charge in [0.05, 0.1) is 0 Å². The van der Waals surface area contributed by atoms with E-state index in [2.05, 4.69) is 0 Å². The Morgan fingerprint density at radius 2 is 0.640 bits per heavy atom. The molecule has 154 valence electrons. The van der Waals surface area contributed by atoms with E-state index >= 15 is 0 Å². The second-order valence-electron chi connectivity index (χ2n) is 6.63. The van der Waals surface area contributed by atoms with E-state index in [1.54, 1.807) is 0 Å². The highest BCUT2D eigenvalue weighted by Crippen LogP contribution is 2.22. The van der Waals surface area contributed by atoms with E-state index in [1.165, 1.54) is 0 Å². The molecule has 0 aromatic heterocycles. The first-order valence-electron chi connectivity index (χ1n) is 9.10. The summed E-state index contributed by atoms with van der Waals surface area (Å²) in [5.41, 5.74) is 10.9. The fourth-order valence-corrected chi connectivity index (χ4v) is 2.71. The van der Waals surface area contributed by atoms with Gasteiger partial charge in [0.25, 0.3) is 0 Å². The van der Waals surface area contributed by atoms with Gasteiger partial charge in [0.1, 0.15) is 0 Å². The lowest BCUT2D eigenvalue weighted by atomic mass is 9.85. The molecule has 0 aromatic rings. The molecule has 8 nitrogen and oxygen atoms in total. The molecule has 0 amide bonds. The molecule has 0 aromatic carbocycles. The Balaban J connectivity index is 0. The highest BCUT2D eigenvalue weighted by atomic mass is 16.3. The summed E-state index contributed by atoms with van der Waals surface area (Å²) in [6, 6.07) is 0. The summed E-state index contributed by atoms with van der Waals surface area (Å²) in [4.78, 5) is 0. The van der Waals surface area contributed by atoms with Gasteiger partial charge in [0.15, 0.2) is 0 Å². The summed E-state index contributed by atoms with van der Waals surface area (Å²) in [7, 11) is 0. The summed E-state index contributed by atoms with van der Waals surface area (Å²) >= 11 is 0. The molecule has 0 aliphatic carbocycles. The Kier molecular flexibility index (Phi) is 18.4. The van der Waals surface area contributed by atoms with E-state index in [-0.39, 0.29) is 45.2 Å². The first-order valence-corrected chi connectivity index (χ1v) is 9.10. The van der Waals surface area contributed by atoms with Crippen molar-refractivity contribution in [2.75, 3.05) is 39.6 Å². The van der Waals surface area contributed by atoms with Gasteiger partial charge in [-0.25, -0.2) is 0 Å². The molecule has 0 saturated heterocycles. The second kappa shape index (κ2) is 17.1. The van der Waals surface area contributed by atoms with E-state index in [0.29, 0.717) is 38.5 Å². The van der Waals surface area contributed by atoms with Crippen LogP contribution in [0.5, 0.6) is 0 Å². The highest BCUT2D eigenvalue weighted by Gasteiger charge is 2.23. The fourth-order valence-electron chi connectivity index (χ4n) is 2.71. The monoisotopic (exact) mass is 368 g/mol. The Labute approximate surface area is 151 Å². The van der Waals surface area contributed by atoms with Crippen molar-refractivity contribution in [2.24, 2.45) is 11.5 Å². The second-order valence-corrected chi connectivity index (χ2v) is 6.63. The van der Waals surface area contributed by atoms with Crippen molar-refractivity contribution in [2.45, 2.75) is 68.9 Å². The number of aliphatic hydroxyl groups excluding tert-OH is 6. The summed E-state index contributed by atoms with van der Waals surface area (Å²) in [5, 5.41) is 52.0. The zero-order valence-electron chi connectivity index (χ0n) is 15.4. The molecule has 0 heterocycles. The Morgan fingerprint density at radius 1 is 0.400 bits per heavy atom. The standard InChI is InChI=1S/C10H23NO3.C7H17NO3/c11-10(4-1-7-12,5-2-8-13)6-3-9-14;8-7(1-4-9,2-5-10)3-6-11/h12-14H,1-9,11H2;9-11H,1-6,8H2. The zero-order chi connectivity index (χ0) is 19.6. The van der Waals surface area contributed by atoms with Gasteiger partial charge in [-0.15, -0.1) is 0 Å². The van der Waals surface area contributed by atoms with Gasteiger partial charge in [0.2, 0.25) is 0 Å². The molecule has 0 unspecified atom stereocenters. The quantitative estimate of drug-likeness (QED) is 0.178. The predicted octanol–water partition coefficient (Wildman–Crippen LogP) is -1.17. The minimum absolute atomic E-state index is 0.00347. The predicted molar refractivity (Wildman–Crippen MR) is 97.9 cm³/mol. The molecule has 0 spiro atoms. The van der Waals surface area contributed by atoms with Crippen LogP contribution in [0.3, 0.4) is 0 Å². The van der Waals surface area contributed by atoms with Crippen molar-refractivity contribution in [3.63, 3.8) is 0 Å². The van der Waals surface area contributed by atoms with Gasteiger partial charge in [-0.3, -0.25) is 0 Å². The summed E-state index contributed by atoms with van der Waals surface area (Å²) < 4.78 is 0. The van der Waals surface area contributed by atoms with Crippen LogP contribution in [0.1, 0.15) is 57.8 Å². The molecule has 0 saturated carbocycles. The van der Waals surface area contributed by atoms with Crippen LogP contribution in [0.4, 0.5) is 0 Å². The van der Waals surface area contributed by atoms with Crippen molar-refractivity contribution in [3.05, 3.63) is 0 Å². The minimum Gasteiger partial charge on any atom is -0.396 e. The number of aliphatic hydroxyl groups is 6. The summed E-state index contributed by atoms with van der Waals surface area (Å²) in [6.07, 6.45) is 5.60. The molecule has 10 N–H and O–H groups in total. The molecule has 0 atom stereocenters. The van der Waals surface area contributed by atoms with Crippen molar-refractivity contribution >= 4 is 0 Å². The van der Waals surface area contributed by atoms with E-state index in [9.17, 15) is 0 Å². The van der Waals surface area contributed by atoms with Crippen LogP contribution >= 0.6 is 0 Å². The van der Waals surface area contributed by atoms with Gasteiger partial charge in [-0.05, 0) is 57.8 Å². The molecule has 0 aliphatic rings. The topological polar surface area (TPSA) is 173 Å². The van der Waals surface area contributed by atoms with Crippen molar-refractivity contribution in [1.82, 2.24) is 0 Å². The average molecular weight is 369 g/mol. The van der Waals surface area contributed by atoms with Crippen LogP contribution in [-0.4, -0.2) is 81.4 Å². The van der Waals surface area contributed by atoms with Gasteiger partial charge >= 0.3 is 0 Å². The Morgan fingerprint density at radius 3 is 0.840 bits per heavy atom. The smallest absolute Gasteiger partial charge is 0.0448 e. The molecule has 8 heteroatoms. The molecule has 0 fully saturated rings. The lowest BCUT2D eigenvalue weighted by molar-refractivity contribution is 0.160. The van der Waals surface area contributed by atoms with Crippen LogP contribution < -0.4 is 11.5 Å². The van der Waals surface area contributed by atoms with E-state index in [4.69, 9.17) is 42.1 Å². The Bertz CT molecular complexity index is 243. The molecule has 0 radical (unpaired) electrons. The maximum atomic E-state index is 8.73. The maximum Gasteiger partial charge on any atom is 0.0448 e. The van der Waals surface area contributed by atoms with Crippen LogP contribution in [0.25, 0.3) is 0 Å². The largest absolute Gasteiger partial charge is 0.396 e. The summed E-state index contributed by atoms with van der Waals surface area (Å²) in [6.45, 7) is 0.440. The molecular formula is C17H40N2O6. The third-order valence-corrected chi connectivity index (χ3v) is 4.33. The normalized spacial score (nSPS) is 12.0. The van der Waals surface area contributed by atoms with Crippen molar-refractivity contribution in [3.8, 4) is 0 Å². The number of hydrogen-bond donors (Lipinski definition) is 8. The third kappa shape index (κ3) is 15.6. The summed E-state index contributed by atoms with van der Waals surface area (Å²) in [5.74, 6) is 0. The first-order chi connectivity index (χ1) is 11.9. The van der Waals surface area contributed by atoms with Crippen LogP contribution in [0, 0.1) is 0 Å². The molecule has 0 bridgehead atoms. The number of rotatable bonds is 15.